The lowest BCUT2D eigenvalue weighted by atomic mass is 10.3. The molecule has 0 aliphatic carbocycles. The van der Waals surface area contributed by atoms with Crippen LogP contribution in [0.1, 0.15) is 6.99 Å². The summed E-state index contributed by atoms with van der Waals surface area (Å²) in [6.45, 7) is 3.68. The van der Waals surface area contributed by atoms with Crippen LogP contribution in [0.5, 0.6) is 0 Å². The van der Waals surface area contributed by atoms with E-state index < -0.39 is 0 Å². The third kappa shape index (κ3) is 1.62. The van der Waals surface area contributed by atoms with E-state index in [9.17, 15) is 0 Å². The standard InChI is InChI=1S/C9H12N2O.H2/c1-3-11-5-4-8(7-12)6-9(11)10-2;/h3-6,12H,1,7H2,2H3;1H. The molecule has 0 atom stereocenters. The van der Waals surface area contributed by atoms with Crippen LogP contribution in [-0.4, -0.2) is 16.7 Å². The van der Waals surface area contributed by atoms with Crippen molar-refractivity contribution in [1.29, 1.82) is 0 Å². The van der Waals surface area contributed by atoms with E-state index in [1.54, 1.807) is 17.8 Å². The maximum atomic E-state index is 8.84. The number of pyridine rings is 1. The quantitative estimate of drug-likeness (QED) is 0.695. The molecule has 1 heterocycles. The predicted octanol–water partition coefficient (Wildman–Crippen LogP) is 0.857. The summed E-state index contributed by atoms with van der Waals surface area (Å²) in [4.78, 5) is 4.03. The van der Waals surface area contributed by atoms with Gasteiger partial charge in [-0.1, -0.05) is 6.58 Å². The average Bonchev–Trinajstić information content (AvgIpc) is 2.16. The Labute approximate surface area is 72.8 Å². The van der Waals surface area contributed by atoms with Gasteiger partial charge in [0, 0.05) is 20.9 Å². The Morgan fingerprint density at radius 3 is 3.08 bits per heavy atom. The number of rotatable bonds is 2. The van der Waals surface area contributed by atoms with Crippen molar-refractivity contribution in [1.82, 2.24) is 4.57 Å². The molecule has 0 fully saturated rings. The highest BCUT2D eigenvalue weighted by molar-refractivity contribution is 5.20. The van der Waals surface area contributed by atoms with E-state index in [4.69, 9.17) is 5.11 Å². The highest BCUT2D eigenvalue weighted by Crippen LogP contribution is 1.93. The molecule has 1 aromatic rings. The molecule has 12 heavy (non-hydrogen) atoms. The van der Waals surface area contributed by atoms with Crippen molar-refractivity contribution in [2.45, 2.75) is 6.61 Å². The van der Waals surface area contributed by atoms with Gasteiger partial charge in [-0.15, -0.1) is 0 Å². The monoisotopic (exact) mass is 166 g/mol. The summed E-state index contributed by atoms with van der Waals surface area (Å²) >= 11 is 0. The number of nitrogens with zero attached hydrogens (tertiary/aromatic N) is 2. The van der Waals surface area contributed by atoms with Crippen LogP contribution >= 0.6 is 0 Å². The van der Waals surface area contributed by atoms with Crippen molar-refractivity contribution in [2.24, 2.45) is 4.99 Å². The van der Waals surface area contributed by atoms with Crippen LogP contribution in [0.15, 0.2) is 29.9 Å². The third-order valence-electron chi connectivity index (χ3n) is 1.64. The Kier molecular flexibility index (Phi) is 2.82. The zero-order valence-electron chi connectivity index (χ0n) is 7.07. The Hall–Kier alpha value is -1.35. The van der Waals surface area contributed by atoms with E-state index in [2.05, 4.69) is 11.6 Å². The van der Waals surface area contributed by atoms with Crippen molar-refractivity contribution in [3.63, 3.8) is 0 Å². The fourth-order valence-corrected chi connectivity index (χ4v) is 0.974. The van der Waals surface area contributed by atoms with Gasteiger partial charge in [0.1, 0.15) is 5.49 Å². The summed E-state index contributed by atoms with van der Waals surface area (Å²) in [5, 5.41) is 8.84. The molecule has 0 amide bonds. The SMILES string of the molecule is C=Cn1ccc(CO)cc1=NC.[HH]. The molecule has 0 saturated carbocycles. The molecule has 0 spiro atoms. The number of aromatic nitrogens is 1. The van der Waals surface area contributed by atoms with Crippen LogP contribution in [-0.2, 0) is 6.61 Å². The van der Waals surface area contributed by atoms with Crippen molar-refractivity contribution in [2.75, 3.05) is 7.05 Å². The molecular formula is C9H14N2O. The summed E-state index contributed by atoms with van der Waals surface area (Å²) in [5.74, 6) is 0. The zero-order chi connectivity index (χ0) is 8.97. The van der Waals surface area contributed by atoms with Crippen molar-refractivity contribution in [3.8, 4) is 0 Å². The van der Waals surface area contributed by atoms with Gasteiger partial charge in [0.05, 0.1) is 6.61 Å². The first-order valence-corrected chi connectivity index (χ1v) is 3.69. The van der Waals surface area contributed by atoms with E-state index in [1.807, 2.05) is 18.3 Å². The molecule has 0 radical (unpaired) electrons. The van der Waals surface area contributed by atoms with Gasteiger partial charge in [-0.3, -0.25) is 4.99 Å². The largest absolute Gasteiger partial charge is 0.392 e. The average molecular weight is 166 g/mol. The Balaban J connectivity index is 0.00000144. The maximum Gasteiger partial charge on any atom is 0.131 e. The Morgan fingerprint density at radius 1 is 1.83 bits per heavy atom. The van der Waals surface area contributed by atoms with E-state index in [0.717, 1.165) is 11.1 Å². The van der Waals surface area contributed by atoms with Gasteiger partial charge in [0.25, 0.3) is 0 Å². The van der Waals surface area contributed by atoms with E-state index in [0.29, 0.717) is 0 Å². The first-order valence-electron chi connectivity index (χ1n) is 3.69. The van der Waals surface area contributed by atoms with Gasteiger partial charge in [-0.05, 0) is 17.7 Å². The first-order chi connectivity index (χ1) is 5.81. The lowest BCUT2D eigenvalue weighted by Crippen LogP contribution is -2.15. The highest BCUT2D eigenvalue weighted by atomic mass is 16.3. The number of aliphatic hydroxyl groups excluding tert-OH is 1. The van der Waals surface area contributed by atoms with Gasteiger partial charge in [-0.25, -0.2) is 0 Å². The van der Waals surface area contributed by atoms with Gasteiger partial charge >= 0.3 is 0 Å². The molecule has 0 aliphatic heterocycles. The first kappa shape index (κ1) is 8.74. The second kappa shape index (κ2) is 3.88. The summed E-state index contributed by atoms with van der Waals surface area (Å²) < 4.78 is 1.79. The number of hydrogen-bond acceptors (Lipinski definition) is 2. The maximum absolute atomic E-state index is 8.84. The minimum Gasteiger partial charge on any atom is -0.392 e. The summed E-state index contributed by atoms with van der Waals surface area (Å²) in [7, 11) is 1.70. The molecule has 1 N–H and O–H groups in total. The van der Waals surface area contributed by atoms with Crippen LogP contribution in [0.25, 0.3) is 6.20 Å². The minimum absolute atomic E-state index is 0. The van der Waals surface area contributed by atoms with Crippen LogP contribution in [0.2, 0.25) is 0 Å². The topological polar surface area (TPSA) is 37.5 Å². The number of hydrogen-bond donors (Lipinski definition) is 1. The van der Waals surface area contributed by atoms with E-state index >= 15 is 0 Å². The van der Waals surface area contributed by atoms with Crippen LogP contribution in [0, 0.1) is 0 Å². The molecule has 3 heteroatoms. The van der Waals surface area contributed by atoms with Crippen molar-refractivity contribution >= 4 is 6.20 Å². The molecule has 1 rings (SSSR count). The zero-order valence-corrected chi connectivity index (χ0v) is 7.07. The minimum atomic E-state index is 0. The lowest BCUT2D eigenvalue weighted by molar-refractivity contribution is 0.281. The predicted molar refractivity (Wildman–Crippen MR) is 50.3 cm³/mol. The van der Waals surface area contributed by atoms with Gasteiger partial charge in [-0.2, -0.15) is 0 Å². The fraction of sp³-hybridized carbons (Fsp3) is 0.222. The van der Waals surface area contributed by atoms with E-state index in [-0.39, 0.29) is 8.03 Å². The fourth-order valence-electron chi connectivity index (χ4n) is 0.974. The molecule has 3 nitrogen and oxygen atoms in total. The highest BCUT2D eigenvalue weighted by Gasteiger charge is 1.91. The Bertz CT molecular complexity index is 344. The summed E-state index contributed by atoms with van der Waals surface area (Å²) in [5.41, 5.74) is 1.64. The van der Waals surface area contributed by atoms with Crippen molar-refractivity contribution in [3.05, 3.63) is 36.0 Å². The second-order valence-corrected chi connectivity index (χ2v) is 2.36. The number of aliphatic hydroxyl groups is 1. The molecule has 0 unspecified atom stereocenters. The summed E-state index contributed by atoms with van der Waals surface area (Å²) in [6.07, 6.45) is 3.49. The molecule has 66 valence electrons. The van der Waals surface area contributed by atoms with Crippen LogP contribution < -0.4 is 5.49 Å². The van der Waals surface area contributed by atoms with Crippen LogP contribution in [0.3, 0.4) is 0 Å². The lowest BCUT2D eigenvalue weighted by Gasteiger charge is -2.01. The third-order valence-corrected chi connectivity index (χ3v) is 1.64. The molecule has 0 bridgehead atoms. The van der Waals surface area contributed by atoms with Gasteiger partial charge < -0.3 is 9.67 Å². The van der Waals surface area contributed by atoms with Gasteiger partial charge in [0.15, 0.2) is 0 Å². The molecular weight excluding hydrogens is 152 g/mol. The second-order valence-electron chi connectivity index (χ2n) is 2.36. The molecule has 0 saturated heterocycles. The molecule has 1 aromatic heterocycles. The van der Waals surface area contributed by atoms with Crippen molar-refractivity contribution < 1.29 is 6.53 Å². The normalized spacial score (nSPS) is 11.7. The van der Waals surface area contributed by atoms with Gasteiger partial charge in [0.2, 0.25) is 0 Å². The Morgan fingerprint density at radius 2 is 2.58 bits per heavy atom. The smallest absolute Gasteiger partial charge is 0.131 e. The molecule has 0 aromatic carbocycles. The van der Waals surface area contributed by atoms with E-state index in [1.165, 1.54) is 0 Å². The molecule has 0 aliphatic rings. The van der Waals surface area contributed by atoms with Crippen LogP contribution in [0.4, 0.5) is 0 Å². The summed E-state index contributed by atoms with van der Waals surface area (Å²) in [6, 6.07) is 3.65.